The fourth-order valence-electron chi connectivity index (χ4n) is 3.27. The van der Waals surface area contributed by atoms with Gasteiger partial charge in [0.1, 0.15) is 0 Å². The number of nitrogens with one attached hydrogen (secondary N) is 2. The quantitative estimate of drug-likeness (QED) is 0.684. The SMILES string of the molecule is O=C(Nc1cccc(CNCCCN2CCCC2)c1)c1ccccc1Cl. The number of amides is 1. The van der Waals surface area contributed by atoms with Gasteiger partial charge in [-0.2, -0.15) is 0 Å². The molecule has 1 amide bonds. The third-order valence-electron chi connectivity index (χ3n) is 4.66. The molecule has 5 heteroatoms. The summed E-state index contributed by atoms with van der Waals surface area (Å²) in [5, 5.41) is 6.87. The van der Waals surface area contributed by atoms with E-state index in [1.807, 2.05) is 30.3 Å². The molecule has 26 heavy (non-hydrogen) atoms. The zero-order chi connectivity index (χ0) is 18.2. The van der Waals surface area contributed by atoms with Crippen LogP contribution in [0.25, 0.3) is 0 Å². The molecule has 2 aromatic carbocycles. The predicted molar refractivity (Wildman–Crippen MR) is 108 cm³/mol. The molecule has 0 bridgehead atoms. The second-order valence-electron chi connectivity index (χ2n) is 6.71. The summed E-state index contributed by atoms with van der Waals surface area (Å²) in [6, 6.07) is 15.0. The third kappa shape index (κ3) is 5.56. The minimum Gasteiger partial charge on any atom is -0.322 e. The molecule has 0 aromatic heterocycles. The van der Waals surface area contributed by atoms with Gasteiger partial charge in [-0.05, 0) is 75.3 Å². The van der Waals surface area contributed by atoms with Crippen molar-refractivity contribution in [3.8, 4) is 0 Å². The van der Waals surface area contributed by atoms with Crippen LogP contribution in [0.3, 0.4) is 0 Å². The van der Waals surface area contributed by atoms with Gasteiger partial charge in [0.05, 0.1) is 10.6 Å². The van der Waals surface area contributed by atoms with E-state index < -0.39 is 0 Å². The molecule has 0 aliphatic carbocycles. The normalized spacial score (nSPS) is 14.5. The van der Waals surface area contributed by atoms with Crippen molar-refractivity contribution in [1.82, 2.24) is 10.2 Å². The maximum absolute atomic E-state index is 12.4. The lowest BCUT2D eigenvalue weighted by Crippen LogP contribution is -2.24. The van der Waals surface area contributed by atoms with Crippen molar-refractivity contribution in [2.45, 2.75) is 25.8 Å². The Labute approximate surface area is 160 Å². The molecular weight excluding hydrogens is 346 g/mol. The van der Waals surface area contributed by atoms with Crippen molar-refractivity contribution in [3.05, 3.63) is 64.7 Å². The summed E-state index contributed by atoms with van der Waals surface area (Å²) in [4.78, 5) is 14.9. The molecule has 2 aromatic rings. The van der Waals surface area contributed by atoms with Crippen molar-refractivity contribution >= 4 is 23.2 Å². The van der Waals surface area contributed by atoms with Gasteiger partial charge < -0.3 is 15.5 Å². The molecule has 1 heterocycles. The van der Waals surface area contributed by atoms with Crippen LogP contribution in [-0.2, 0) is 6.54 Å². The van der Waals surface area contributed by atoms with Crippen LogP contribution >= 0.6 is 11.6 Å². The van der Waals surface area contributed by atoms with Gasteiger partial charge in [-0.1, -0.05) is 35.9 Å². The van der Waals surface area contributed by atoms with E-state index in [-0.39, 0.29) is 5.91 Å². The maximum atomic E-state index is 12.4. The van der Waals surface area contributed by atoms with Crippen LogP contribution in [0, 0.1) is 0 Å². The van der Waals surface area contributed by atoms with Crippen LogP contribution in [0.2, 0.25) is 5.02 Å². The lowest BCUT2D eigenvalue weighted by Gasteiger charge is -2.14. The summed E-state index contributed by atoms with van der Waals surface area (Å²) >= 11 is 6.09. The Morgan fingerprint density at radius 2 is 1.88 bits per heavy atom. The molecular formula is C21H26ClN3O. The zero-order valence-electron chi connectivity index (χ0n) is 15.0. The van der Waals surface area contributed by atoms with Gasteiger partial charge in [0.15, 0.2) is 0 Å². The Bertz CT molecular complexity index is 729. The number of hydrogen-bond donors (Lipinski definition) is 2. The average Bonchev–Trinajstić information content (AvgIpc) is 3.15. The summed E-state index contributed by atoms with van der Waals surface area (Å²) in [5.41, 5.74) is 2.43. The van der Waals surface area contributed by atoms with Crippen molar-refractivity contribution < 1.29 is 4.79 Å². The molecule has 1 aliphatic heterocycles. The van der Waals surface area contributed by atoms with Gasteiger partial charge in [-0.3, -0.25) is 4.79 Å². The Hall–Kier alpha value is -1.88. The van der Waals surface area contributed by atoms with E-state index in [1.165, 1.54) is 38.9 Å². The van der Waals surface area contributed by atoms with Crippen LogP contribution < -0.4 is 10.6 Å². The van der Waals surface area contributed by atoms with Crippen molar-refractivity contribution in [3.63, 3.8) is 0 Å². The number of hydrogen-bond acceptors (Lipinski definition) is 3. The highest BCUT2D eigenvalue weighted by atomic mass is 35.5. The summed E-state index contributed by atoms with van der Waals surface area (Å²) in [7, 11) is 0. The van der Waals surface area contributed by atoms with Crippen molar-refractivity contribution in [1.29, 1.82) is 0 Å². The zero-order valence-corrected chi connectivity index (χ0v) is 15.8. The number of nitrogens with zero attached hydrogens (tertiary/aromatic N) is 1. The Morgan fingerprint density at radius 1 is 1.08 bits per heavy atom. The first kappa shape index (κ1) is 18.9. The summed E-state index contributed by atoms with van der Waals surface area (Å²) < 4.78 is 0. The fourth-order valence-corrected chi connectivity index (χ4v) is 3.49. The largest absolute Gasteiger partial charge is 0.322 e. The summed E-state index contributed by atoms with van der Waals surface area (Å²) in [5.74, 6) is -0.189. The highest BCUT2D eigenvalue weighted by Gasteiger charge is 2.11. The number of carbonyl (C=O) groups is 1. The van der Waals surface area contributed by atoms with E-state index in [9.17, 15) is 4.79 Å². The second-order valence-corrected chi connectivity index (χ2v) is 7.12. The first-order valence-corrected chi connectivity index (χ1v) is 9.68. The molecule has 138 valence electrons. The van der Waals surface area contributed by atoms with Crippen LogP contribution in [0.4, 0.5) is 5.69 Å². The molecule has 0 radical (unpaired) electrons. The smallest absolute Gasteiger partial charge is 0.257 e. The Balaban J connectivity index is 1.45. The van der Waals surface area contributed by atoms with Crippen molar-refractivity contribution in [2.24, 2.45) is 0 Å². The third-order valence-corrected chi connectivity index (χ3v) is 4.99. The molecule has 4 nitrogen and oxygen atoms in total. The molecule has 0 spiro atoms. The van der Waals surface area contributed by atoms with Crippen LogP contribution in [0.1, 0.15) is 35.2 Å². The molecule has 1 aliphatic rings. The molecule has 2 N–H and O–H groups in total. The molecule has 0 saturated carbocycles. The highest BCUT2D eigenvalue weighted by molar-refractivity contribution is 6.34. The van der Waals surface area contributed by atoms with Gasteiger partial charge in [0.25, 0.3) is 5.91 Å². The van der Waals surface area contributed by atoms with E-state index in [0.29, 0.717) is 10.6 Å². The number of likely N-dealkylation sites (tertiary alicyclic amines) is 1. The maximum Gasteiger partial charge on any atom is 0.257 e. The van der Waals surface area contributed by atoms with E-state index in [2.05, 4.69) is 21.6 Å². The fraction of sp³-hybridized carbons (Fsp3) is 0.381. The Morgan fingerprint density at radius 3 is 2.69 bits per heavy atom. The van der Waals surface area contributed by atoms with Gasteiger partial charge in [-0.15, -0.1) is 0 Å². The molecule has 0 atom stereocenters. The van der Waals surface area contributed by atoms with Crippen LogP contribution in [0.15, 0.2) is 48.5 Å². The predicted octanol–water partition coefficient (Wildman–Crippen LogP) is 4.17. The van der Waals surface area contributed by atoms with E-state index >= 15 is 0 Å². The van der Waals surface area contributed by atoms with Gasteiger partial charge >= 0.3 is 0 Å². The van der Waals surface area contributed by atoms with E-state index in [4.69, 9.17) is 11.6 Å². The monoisotopic (exact) mass is 371 g/mol. The number of carbonyl (C=O) groups excluding carboxylic acids is 1. The first-order chi connectivity index (χ1) is 12.7. The van der Waals surface area contributed by atoms with Crippen LogP contribution in [0.5, 0.6) is 0 Å². The topological polar surface area (TPSA) is 44.4 Å². The minimum absolute atomic E-state index is 0.189. The van der Waals surface area contributed by atoms with Crippen molar-refractivity contribution in [2.75, 3.05) is 31.5 Å². The Kier molecular flexibility index (Phi) is 7.06. The summed E-state index contributed by atoms with van der Waals surface area (Å²) in [6.07, 6.45) is 3.86. The first-order valence-electron chi connectivity index (χ1n) is 9.30. The molecule has 1 fully saturated rings. The average molecular weight is 372 g/mol. The summed E-state index contributed by atoms with van der Waals surface area (Å²) in [6.45, 7) is 5.50. The molecule has 3 rings (SSSR count). The molecule has 1 saturated heterocycles. The number of anilines is 1. The standard InChI is InChI=1S/C21H26ClN3O/c22-20-10-2-1-9-19(20)21(26)24-18-8-5-7-17(15-18)16-23-11-6-14-25-12-3-4-13-25/h1-2,5,7-10,15,23H,3-4,6,11-14,16H2,(H,24,26). The van der Waals surface area contributed by atoms with Crippen LogP contribution in [-0.4, -0.2) is 37.0 Å². The lowest BCUT2D eigenvalue weighted by molar-refractivity contribution is 0.102. The van der Waals surface area contributed by atoms with E-state index in [0.717, 1.165) is 24.3 Å². The van der Waals surface area contributed by atoms with Gasteiger partial charge in [0.2, 0.25) is 0 Å². The molecule has 0 unspecified atom stereocenters. The lowest BCUT2D eigenvalue weighted by atomic mass is 10.1. The second kappa shape index (κ2) is 9.72. The van der Waals surface area contributed by atoms with Gasteiger partial charge in [0, 0.05) is 12.2 Å². The minimum atomic E-state index is -0.189. The highest BCUT2D eigenvalue weighted by Crippen LogP contribution is 2.18. The van der Waals surface area contributed by atoms with E-state index in [1.54, 1.807) is 12.1 Å². The number of rotatable bonds is 8. The number of halogens is 1. The van der Waals surface area contributed by atoms with Gasteiger partial charge in [-0.25, -0.2) is 0 Å². The number of benzene rings is 2.